The first-order chi connectivity index (χ1) is 6.53. The molecular formula is C11H21NO2. The van der Waals surface area contributed by atoms with Gasteiger partial charge < -0.3 is 10.1 Å². The first-order valence-electron chi connectivity index (χ1n) is 5.42. The molecule has 14 heavy (non-hydrogen) atoms. The van der Waals surface area contributed by atoms with Crippen LogP contribution in [0.3, 0.4) is 0 Å². The fourth-order valence-electron chi connectivity index (χ4n) is 2.05. The number of nitrogens with one attached hydrogen (secondary N) is 1. The summed E-state index contributed by atoms with van der Waals surface area (Å²) in [4.78, 5) is 11.1. The van der Waals surface area contributed by atoms with Gasteiger partial charge in [-0.25, -0.2) is 0 Å². The zero-order chi connectivity index (χ0) is 10.6. The Balaban J connectivity index is 2.17. The van der Waals surface area contributed by atoms with Gasteiger partial charge in [-0.1, -0.05) is 13.8 Å². The van der Waals surface area contributed by atoms with Crippen molar-refractivity contribution in [3.8, 4) is 0 Å². The maximum atomic E-state index is 11.1. The Labute approximate surface area is 86.2 Å². The molecule has 1 unspecified atom stereocenters. The van der Waals surface area contributed by atoms with Gasteiger partial charge in [0.05, 0.1) is 13.2 Å². The Bertz CT molecular complexity index is 201. The lowest BCUT2D eigenvalue weighted by molar-refractivity contribution is -0.142. The SMILES string of the molecule is CCOC(=O)CNC1CCC(C)(C)C1. The maximum Gasteiger partial charge on any atom is 0.319 e. The van der Waals surface area contributed by atoms with E-state index in [0.717, 1.165) is 6.42 Å². The van der Waals surface area contributed by atoms with Crippen molar-refractivity contribution in [3.05, 3.63) is 0 Å². The number of esters is 1. The summed E-state index contributed by atoms with van der Waals surface area (Å²) in [7, 11) is 0. The molecule has 1 aliphatic carbocycles. The van der Waals surface area contributed by atoms with Crippen molar-refractivity contribution in [2.24, 2.45) is 5.41 Å². The van der Waals surface area contributed by atoms with E-state index >= 15 is 0 Å². The van der Waals surface area contributed by atoms with Crippen LogP contribution in [0.1, 0.15) is 40.0 Å². The molecule has 1 rings (SSSR count). The van der Waals surface area contributed by atoms with Crippen LogP contribution in [0.5, 0.6) is 0 Å². The fraction of sp³-hybridized carbons (Fsp3) is 0.909. The van der Waals surface area contributed by atoms with E-state index in [9.17, 15) is 4.79 Å². The van der Waals surface area contributed by atoms with Crippen LogP contribution >= 0.6 is 0 Å². The fourth-order valence-corrected chi connectivity index (χ4v) is 2.05. The Morgan fingerprint density at radius 1 is 1.57 bits per heavy atom. The van der Waals surface area contributed by atoms with Gasteiger partial charge >= 0.3 is 5.97 Å². The summed E-state index contributed by atoms with van der Waals surface area (Å²) in [6.45, 7) is 7.21. The number of carbonyl (C=O) groups is 1. The molecule has 0 heterocycles. The van der Waals surface area contributed by atoms with Crippen LogP contribution in [-0.2, 0) is 9.53 Å². The number of ether oxygens (including phenoxy) is 1. The summed E-state index contributed by atoms with van der Waals surface area (Å²) >= 11 is 0. The molecule has 0 radical (unpaired) electrons. The monoisotopic (exact) mass is 199 g/mol. The van der Waals surface area contributed by atoms with Crippen molar-refractivity contribution < 1.29 is 9.53 Å². The van der Waals surface area contributed by atoms with Gasteiger partial charge in [0.2, 0.25) is 0 Å². The van der Waals surface area contributed by atoms with Gasteiger partial charge in [0.1, 0.15) is 0 Å². The molecule has 0 aromatic carbocycles. The highest BCUT2D eigenvalue weighted by Gasteiger charge is 2.30. The van der Waals surface area contributed by atoms with E-state index in [1.165, 1.54) is 12.8 Å². The molecule has 3 nitrogen and oxygen atoms in total. The highest BCUT2D eigenvalue weighted by Crippen LogP contribution is 2.36. The lowest BCUT2D eigenvalue weighted by atomic mass is 9.92. The second-order valence-corrected chi connectivity index (χ2v) is 4.79. The molecule has 0 bridgehead atoms. The zero-order valence-corrected chi connectivity index (χ0v) is 9.43. The molecular weight excluding hydrogens is 178 g/mol. The van der Waals surface area contributed by atoms with E-state index in [0.29, 0.717) is 24.6 Å². The van der Waals surface area contributed by atoms with E-state index in [1.807, 2.05) is 6.92 Å². The highest BCUT2D eigenvalue weighted by atomic mass is 16.5. The quantitative estimate of drug-likeness (QED) is 0.701. The molecule has 0 saturated heterocycles. The summed E-state index contributed by atoms with van der Waals surface area (Å²) in [6, 6.07) is 0.495. The molecule has 3 heteroatoms. The number of hydrogen-bond acceptors (Lipinski definition) is 3. The van der Waals surface area contributed by atoms with Crippen molar-refractivity contribution in [1.82, 2.24) is 5.32 Å². The summed E-state index contributed by atoms with van der Waals surface area (Å²) in [5, 5.41) is 3.25. The van der Waals surface area contributed by atoms with Crippen LogP contribution in [0.15, 0.2) is 0 Å². The van der Waals surface area contributed by atoms with Crippen LogP contribution in [0.25, 0.3) is 0 Å². The largest absolute Gasteiger partial charge is 0.465 e. The Kier molecular flexibility index (Phi) is 3.93. The Morgan fingerprint density at radius 2 is 2.29 bits per heavy atom. The van der Waals surface area contributed by atoms with E-state index < -0.39 is 0 Å². The van der Waals surface area contributed by atoms with Gasteiger partial charge in [-0.05, 0) is 31.6 Å². The van der Waals surface area contributed by atoms with Gasteiger partial charge in [0, 0.05) is 6.04 Å². The second-order valence-electron chi connectivity index (χ2n) is 4.79. The molecule has 1 aliphatic rings. The first kappa shape index (κ1) is 11.5. The van der Waals surface area contributed by atoms with Gasteiger partial charge in [-0.3, -0.25) is 4.79 Å². The van der Waals surface area contributed by atoms with Crippen LogP contribution in [0, 0.1) is 5.41 Å². The smallest absolute Gasteiger partial charge is 0.319 e. The second kappa shape index (κ2) is 4.78. The Hall–Kier alpha value is -0.570. The lowest BCUT2D eigenvalue weighted by Crippen LogP contribution is -2.33. The van der Waals surface area contributed by atoms with Crippen LogP contribution in [-0.4, -0.2) is 25.2 Å². The summed E-state index contributed by atoms with van der Waals surface area (Å²) in [5.41, 5.74) is 0.437. The van der Waals surface area contributed by atoms with Crippen molar-refractivity contribution >= 4 is 5.97 Å². The third-order valence-corrected chi connectivity index (χ3v) is 2.81. The van der Waals surface area contributed by atoms with Crippen molar-refractivity contribution in [1.29, 1.82) is 0 Å². The maximum absolute atomic E-state index is 11.1. The minimum atomic E-state index is -0.141. The minimum absolute atomic E-state index is 0.141. The molecule has 1 atom stereocenters. The lowest BCUT2D eigenvalue weighted by Gasteiger charge is -2.17. The predicted octanol–water partition coefficient (Wildman–Crippen LogP) is 1.72. The van der Waals surface area contributed by atoms with E-state index in [2.05, 4.69) is 19.2 Å². The summed E-state index contributed by atoms with van der Waals surface area (Å²) in [5.74, 6) is -0.141. The van der Waals surface area contributed by atoms with Crippen molar-refractivity contribution in [2.45, 2.75) is 46.1 Å². The Morgan fingerprint density at radius 3 is 2.79 bits per heavy atom. The number of hydrogen-bond donors (Lipinski definition) is 1. The average molecular weight is 199 g/mol. The average Bonchev–Trinajstić information content (AvgIpc) is 2.43. The van der Waals surface area contributed by atoms with Gasteiger partial charge in [-0.15, -0.1) is 0 Å². The molecule has 0 aromatic heterocycles. The molecule has 0 aliphatic heterocycles. The minimum Gasteiger partial charge on any atom is -0.465 e. The third kappa shape index (κ3) is 3.66. The first-order valence-corrected chi connectivity index (χ1v) is 5.42. The summed E-state index contributed by atoms with van der Waals surface area (Å²) in [6.07, 6.45) is 3.58. The molecule has 82 valence electrons. The molecule has 1 N–H and O–H groups in total. The van der Waals surface area contributed by atoms with Crippen molar-refractivity contribution in [3.63, 3.8) is 0 Å². The zero-order valence-electron chi connectivity index (χ0n) is 9.43. The number of carbonyl (C=O) groups excluding carboxylic acids is 1. The number of rotatable bonds is 4. The van der Waals surface area contributed by atoms with Gasteiger partial charge in [0.25, 0.3) is 0 Å². The van der Waals surface area contributed by atoms with Crippen LogP contribution in [0.4, 0.5) is 0 Å². The molecule has 1 fully saturated rings. The van der Waals surface area contributed by atoms with Crippen LogP contribution < -0.4 is 5.32 Å². The van der Waals surface area contributed by atoms with E-state index in [-0.39, 0.29) is 5.97 Å². The molecule has 1 saturated carbocycles. The highest BCUT2D eigenvalue weighted by molar-refractivity contribution is 5.71. The van der Waals surface area contributed by atoms with Gasteiger partial charge in [-0.2, -0.15) is 0 Å². The predicted molar refractivity (Wildman–Crippen MR) is 56.1 cm³/mol. The van der Waals surface area contributed by atoms with E-state index in [4.69, 9.17) is 4.74 Å². The molecule has 0 amide bonds. The van der Waals surface area contributed by atoms with E-state index in [1.54, 1.807) is 0 Å². The third-order valence-electron chi connectivity index (χ3n) is 2.81. The summed E-state index contributed by atoms with van der Waals surface area (Å²) < 4.78 is 4.85. The van der Waals surface area contributed by atoms with Crippen molar-refractivity contribution in [2.75, 3.05) is 13.2 Å². The normalized spacial score (nSPS) is 24.9. The van der Waals surface area contributed by atoms with Gasteiger partial charge in [0.15, 0.2) is 0 Å². The topological polar surface area (TPSA) is 38.3 Å². The standard InChI is InChI=1S/C11H21NO2/c1-4-14-10(13)8-12-9-5-6-11(2,3)7-9/h9,12H,4-8H2,1-3H3. The molecule has 0 aromatic rings. The van der Waals surface area contributed by atoms with Crippen LogP contribution in [0.2, 0.25) is 0 Å². The molecule has 0 spiro atoms.